The van der Waals surface area contributed by atoms with Crippen LogP contribution >= 0.6 is 0 Å². The molecule has 0 spiro atoms. The van der Waals surface area contributed by atoms with E-state index >= 15 is 0 Å². The number of unbranched alkanes of at least 4 members (excludes halogenated alkanes) is 10. The zero-order chi connectivity index (χ0) is 27.8. The van der Waals surface area contributed by atoms with E-state index < -0.39 is 0 Å². The zero-order valence-electron chi connectivity index (χ0n) is 24.7. The molecule has 1 aliphatic rings. The Kier molecular flexibility index (Phi) is 13.6. The molecule has 2 aromatic carbocycles. The maximum atomic E-state index is 12.8. The van der Waals surface area contributed by atoms with E-state index in [2.05, 4.69) is 44.2 Å². The maximum Gasteiger partial charge on any atom is 0.338 e. The minimum Gasteiger partial charge on any atom is -0.459 e. The summed E-state index contributed by atoms with van der Waals surface area (Å²) in [5, 5.41) is 9.85. The molecule has 0 N–H and O–H groups in total. The molecule has 2 aromatic rings. The molecule has 3 rings (SSSR count). The normalized spacial score (nSPS) is 18.9. The van der Waals surface area contributed by atoms with Gasteiger partial charge in [0.1, 0.15) is 6.10 Å². The quantitative estimate of drug-likeness (QED) is 0.151. The van der Waals surface area contributed by atoms with Gasteiger partial charge in [-0.2, -0.15) is 5.26 Å². The van der Waals surface area contributed by atoms with Crippen molar-refractivity contribution in [2.24, 2.45) is 5.41 Å². The molecule has 0 saturated heterocycles. The van der Waals surface area contributed by atoms with Gasteiger partial charge >= 0.3 is 5.97 Å². The van der Waals surface area contributed by atoms with Gasteiger partial charge in [0.15, 0.2) is 0 Å². The molecule has 0 heterocycles. The van der Waals surface area contributed by atoms with Gasteiger partial charge in [-0.1, -0.05) is 121 Å². The van der Waals surface area contributed by atoms with Gasteiger partial charge in [0.05, 0.1) is 17.0 Å². The fourth-order valence-electron chi connectivity index (χ4n) is 5.91. The van der Waals surface area contributed by atoms with Crippen LogP contribution in [0.15, 0.2) is 48.5 Å². The van der Waals surface area contributed by atoms with Crippen LogP contribution in [0, 0.1) is 16.7 Å². The number of nitrogens with zero attached hydrogens (tertiary/aromatic N) is 1. The molecule has 3 nitrogen and oxygen atoms in total. The van der Waals surface area contributed by atoms with Crippen LogP contribution < -0.4 is 0 Å². The molecule has 1 aliphatic carbocycles. The second kappa shape index (κ2) is 17.2. The predicted molar refractivity (Wildman–Crippen MR) is 163 cm³/mol. The molecule has 212 valence electrons. The molecule has 0 atom stereocenters. The molecule has 1 fully saturated rings. The van der Waals surface area contributed by atoms with Crippen LogP contribution in [0.2, 0.25) is 0 Å². The number of benzene rings is 2. The molecule has 0 amide bonds. The van der Waals surface area contributed by atoms with Gasteiger partial charge in [-0.3, -0.25) is 0 Å². The van der Waals surface area contributed by atoms with Crippen molar-refractivity contribution in [2.45, 2.75) is 136 Å². The van der Waals surface area contributed by atoms with E-state index in [0.29, 0.717) is 5.56 Å². The van der Waals surface area contributed by atoms with E-state index in [1.807, 2.05) is 24.3 Å². The van der Waals surface area contributed by atoms with Gasteiger partial charge in [-0.05, 0) is 73.8 Å². The summed E-state index contributed by atoms with van der Waals surface area (Å²) in [4.78, 5) is 12.8. The second-order valence-corrected chi connectivity index (χ2v) is 11.8. The van der Waals surface area contributed by atoms with Crippen LogP contribution in [0.3, 0.4) is 0 Å². The number of esters is 1. The molecule has 0 radical (unpaired) electrons. The Morgan fingerprint density at radius 1 is 0.769 bits per heavy atom. The highest BCUT2D eigenvalue weighted by Crippen LogP contribution is 2.41. The summed E-state index contributed by atoms with van der Waals surface area (Å²) < 4.78 is 5.86. The van der Waals surface area contributed by atoms with Crippen molar-refractivity contribution >= 4 is 5.97 Å². The van der Waals surface area contributed by atoms with Crippen LogP contribution in [0.5, 0.6) is 0 Å². The van der Waals surface area contributed by atoms with Gasteiger partial charge < -0.3 is 4.74 Å². The lowest BCUT2D eigenvalue weighted by Gasteiger charge is -2.34. The Morgan fingerprint density at radius 3 is 1.85 bits per heavy atom. The van der Waals surface area contributed by atoms with Gasteiger partial charge in [0.2, 0.25) is 0 Å². The SMILES string of the molecule is CCCCCCCCCc1ccc(-c2ccc(C(=O)OC3CCC(C#N)(CCCCCCC)CC3)cc2)cc1. The van der Waals surface area contributed by atoms with Crippen molar-refractivity contribution in [1.29, 1.82) is 5.26 Å². The van der Waals surface area contributed by atoms with Crippen molar-refractivity contribution in [3.05, 3.63) is 59.7 Å². The summed E-state index contributed by atoms with van der Waals surface area (Å²) in [6.45, 7) is 4.49. The molecule has 0 aliphatic heterocycles. The Labute approximate surface area is 238 Å². The van der Waals surface area contributed by atoms with E-state index in [9.17, 15) is 10.1 Å². The fraction of sp³-hybridized carbons (Fsp3) is 0.611. The molecule has 0 bridgehead atoms. The summed E-state index contributed by atoms with van der Waals surface area (Å²) in [6.07, 6.45) is 20.8. The maximum absolute atomic E-state index is 12.8. The van der Waals surface area contributed by atoms with Crippen LogP contribution in [-0.2, 0) is 11.2 Å². The smallest absolute Gasteiger partial charge is 0.338 e. The Hall–Kier alpha value is -2.60. The largest absolute Gasteiger partial charge is 0.459 e. The lowest BCUT2D eigenvalue weighted by Crippen LogP contribution is -2.31. The van der Waals surface area contributed by atoms with Crippen LogP contribution in [0.1, 0.15) is 139 Å². The first kappa shape index (κ1) is 30.9. The average Bonchev–Trinajstić information content (AvgIpc) is 2.98. The lowest BCUT2D eigenvalue weighted by atomic mass is 9.71. The molecular formula is C36H51NO2. The number of ether oxygens (including phenoxy) is 1. The minimum absolute atomic E-state index is 0.0809. The summed E-state index contributed by atoms with van der Waals surface area (Å²) >= 11 is 0. The van der Waals surface area contributed by atoms with Crippen molar-refractivity contribution in [3.8, 4) is 17.2 Å². The number of nitriles is 1. The van der Waals surface area contributed by atoms with Crippen LogP contribution in [0.4, 0.5) is 0 Å². The van der Waals surface area contributed by atoms with Gasteiger partial charge in [-0.15, -0.1) is 0 Å². The van der Waals surface area contributed by atoms with Crippen molar-refractivity contribution in [1.82, 2.24) is 0 Å². The minimum atomic E-state index is -0.249. The molecule has 39 heavy (non-hydrogen) atoms. The van der Waals surface area contributed by atoms with E-state index in [1.165, 1.54) is 81.8 Å². The molecular weight excluding hydrogens is 478 g/mol. The number of hydrogen-bond donors (Lipinski definition) is 0. The molecule has 1 saturated carbocycles. The van der Waals surface area contributed by atoms with Crippen molar-refractivity contribution < 1.29 is 9.53 Å². The summed E-state index contributed by atoms with van der Waals surface area (Å²) in [7, 11) is 0. The average molecular weight is 530 g/mol. The van der Waals surface area contributed by atoms with Gasteiger partial charge in [0.25, 0.3) is 0 Å². The van der Waals surface area contributed by atoms with E-state index in [1.54, 1.807) is 0 Å². The van der Waals surface area contributed by atoms with Gasteiger partial charge in [-0.25, -0.2) is 4.79 Å². The third kappa shape index (κ3) is 10.5. The lowest BCUT2D eigenvalue weighted by molar-refractivity contribution is 0.0105. The molecule has 0 aromatic heterocycles. The Bertz CT molecular complexity index is 994. The molecule has 3 heteroatoms. The number of carbonyl (C=O) groups excluding carboxylic acids is 1. The van der Waals surface area contributed by atoms with E-state index in [-0.39, 0.29) is 17.5 Å². The highest BCUT2D eigenvalue weighted by Gasteiger charge is 2.36. The summed E-state index contributed by atoms with van der Waals surface area (Å²) in [6, 6.07) is 19.3. The Balaban J connectivity index is 1.41. The van der Waals surface area contributed by atoms with Crippen molar-refractivity contribution in [2.75, 3.05) is 0 Å². The Morgan fingerprint density at radius 2 is 1.28 bits per heavy atom. The second-order valence-electron chi connectivity index (χ2n) is 11.8. The standard InChI is InChI=1S/C36H51NO2/c1-3-5-7-9-10-11-13-15-30-16-18-31(19-17-30)32-20-22-33(23-21-32)35(38)39-34-24-27-36(29-37,28-25-34)26-14-12-8-6-4-2/h16-23,34H,3-15,24-28H2,1-2H3. The third-order valence-electron chi connectivity index (χ3n) is 8.64. The number of aryl methyl sites for hydroxylation is 1. The number of carbonyl (C=O) groups is 1. The zero-order valence-corrected chi connectivity index (χ0v) is 24.7. The van der Waals surface area contributed by atoms with E-state index in [4.69, 9.17) is 4.74 Å². The first-order valence-corrected chi connectivity index (χ1v) is 15.9. The number of hydrogen-bond acceptors (Lipinski definition) is 3. The van der Waals surface area contributed by atoms with Gasteiger partial charge in [0, 0.05) is 0 Å². The third-order valence-corrected chi connectivity index (χ3v) is 8.64. The summed E-state index contributed by atoms with van der Waals surface area (Å²) in [5.74, 6) is -0.249. The number of rotatable bonds is 17. The first-order chi connectivity index (χ1) is 19.1. The van der Waals surface area contributed by atoms with Crippen LogP contribution in [-0.4, -0.2) is 12.1 Å². The predicted octanol–water partition coefficient (Wildman–Crippen LogP) is 10.6. The van der Waals surface area contributed by atoms with E-state index in [0.717, 1.165) is 50.5 Å². The monoisotopic (exact) mass is 529 g/mol. The first-order valence-electron chi connectivity index (χ1n) is 15.9. The highest BCUT2D eigenvalue weighted by molar-refractivity contribution is 5.90. The summed E-state index contributed by atoms with van der Waals surface area (Å²) in [5.41, 5.74) is 4.07. The topological polar surface area (TPSA) is 50.1 Å². The van der Waals surface area contributed by atoms with Crippen molar-refractivity contribution in [3.63, 3.8) is 0 Å². The molecule has 0 unspecified atom stereocenters. The highest BCUT2D eigenvalue weighted by atomic mass is 16.5. The fourth-order valence-corrected chi connectivity index (χ4v) is 5.91. The van der Waals surface area contributed by atoms with Crippen LogP contribution in [0.25, 0.3) is 11.1 Å².